The molecule has 1 unspecified atom stereocenters. The molecule has 1 atom stereocenters. The maximum Gasteiger partial charge on any atom is 0.206 e. The quantitative estimate of drug-likeness (QED) is 0.915. The zero-order valence-corrected chi connectivity index (χ0v) is 14.3. The van der Waals surface area contributed by atoms with Crippen molar-refractivity contribution in [3.8, 4) is 0 Å². The van der Waals surface area contributed by atoms with Crippen molar-refractivity contribution in [3.63, 3.8) is 0 Å². The van der Waals surface area contributed by atoms with Crippen molar-refractivity contribution < 1.29 is 8.42 Å². The van der Waals surface area contributed by atoms with Crippen LogP contribution in [0.25, 0.3) is 0 Å². The molecular formula is C19H23NO2S. The number of benzene rings is 2. The maximum atomic E-state index is 13.0. The van der Waals surface area contributed by atoms with Crippen molar-refractivity contribution >= 4 is 9.84 Å². The van der Waals surface area contributed by atoms with Gasteiger partial charge < -0.3 is 5.32 Å². The van der Waals surface area contributed by atoms with Crippen molar-refractivity contribution in [2.75, 3.05) is 6.54 Å². The number of hydrogen-bond donors (Lipinski definition) is 1. The van der Waals surface area contributed by atoms with Crippen LogP contribution in [0.4, 0.5) is 0 Å². The van der Waals surface area contributed by atoms with Crippen LogP contribution >= 0.6 is 0 Å². The van der Waals surface area contributed by atoms with Crippen molar-refractivity contribution in [1.29, 1.82) is 0 Å². The molecule has 1 N–H and O–H groups in total. The van der Waals surface area contributed by atoms with E-state index in [2.05, 4.69) is 18.3 Å². The molecule has 0 saturated carbocycles. The number of nitrogens with one attached hydrogen (secondary N) is 1. The van der Waals surface area contributed by atoms with Crippen LogP contribution in [-0.4, -0.2) is 21.0 Å². The molecule has 23 heavy (non-hydrogen) atoms. The average Bonchev–Trinajstić information content (AvgIpc) is 2.60. The molecule has 1 aliphatic rings. The third-order valence-corrected chi connectivity index (χ3v) is 6.32. The smallest absolute Gasteiger partial charge is 0.206 e. The second kappa shape index (κ2) is 6.85. The second-order valence-electron chi connectivity index (χ2n) is 6.10. The highest BCUT2D eigenvalue weighted by atomic mass is 32.2. The van der Waals surface area contributed by atoms with Crippen LogP contribution in [0.2, 0.25) is 0 Å². The van der Waals surface area contributed by atoms with Gasteiger partial charge in [-0.3, -0.25) is 0 Å². The number of hydrogen-bond acceptors (Lipinski definition) is 3. The van der Waals surface area contributed by atoms with Gasteiger partial charge in [-0.2, -0.15) is 0 Å². The van der Waals surface area contributed by atoms with Crippen molar-refractivity contribution in [1.82, 2.24) is 5.32 Å². The Bertz CT molecular complexity index is 769. The molecular weight excluding hydrogens is 306 g/mol. The van der Waals surface area contributed by atoms with E-state index in [9.17, 15) is 8.42 Å². The lowest BCUT2D eigenvalue weighted by atomic mass is 9.88. The minimum atomic E-state index is -3.45. The molecule has 0 amide bonds. The highest BCUT2D eigenvalue weighted by Crippen LogP contribution is 2.31. The topological polar surface area (TPSA) is 46.2 Å². The van der Waals surface area contributed by atoms with Gasteiger partial charge in [-0.25, -0.2) is 8.42 Å². The summed E-state index contributed by atoms with van der Waals surface area (Å²) >= 11 is 0. The fourth-order valence-electron chi connectivity index (χ4n) is 3.26. The summed E-state index contributed by atoms with van der Waals surface area (Å²) in [6.07, 6.45) is 3.89. The highest BCUT2D eigenvalue weighted by Gasteiger charge is 2.27. The van der Waals surface area contributed by atoms with Gasteiger partial charge >= 0.3 is 0 Å². The Balaban J connectivity index is 1.99. The monoisotopic (exact) mass is 329 g/mol. The average molecular weight is 329 g/mol. The standard InChI is InChI=1S/C19H23NO2S/c1-2-13-20-16-12-11-15-7-6-10-19(18(15)14-16)23(21,22)17-8-4-3-5-9-17/h3-10,16,20H,2,11-14H2,1H3. The van der Waals surface area contributed by atoms with E-state index in [1.165, 1.54) is 5.56 Å². The Morgan fingerprint density at radius 3 is 2.61 bits per heavy atom. The van der Waals surface area contributed by atoms with Gasteiger partial charge in [-0.05, 0) is 61.6 Å². The van der Waals surface area contributed by atoms with Crippen molar-refractivity contribution in [3.05, 3.63) is 59.7 Å². The van der Waals surface area contributed by atoms with Gasteiger partial charge in [0.25, 0.3) is 0 Å². The van der Waals surface area contributed by atoms with Crippen molar-refractivity contribution in [2.24, 2.45) is 0 Å². The summed E-state index contributed by atoms with van der Waals surface area (Å²) in [6, 6.07) is 14.8. The zero-order chi connectivity index (χ0) is 16.3. The first-order chi connectivity index (χ1) is 11.1. The summed E-state index contributed by atoms with van der Waals surface area (Å²) in [7, 11) is -3.45. The SMILES string of the molecule is CCCNC1CCc2cccc(S(=O)(=O)c3ccccc3)c2C1. The highest BCUT2D eigenvalue weighted by molar-refractivity contribution is 7.91. The van der Waals surface area contributed by atoms with Gasteiger partial charge in [0.1, 0.15) is 0 Å². The van der Waals surface area contributed by atoms with Gasteiger partial charge in [-0.1, -0.05) is 37.3 Å². The molecule has 3 rings (SSSR count). The first-order valence-corrected chi connectivity index (χ1v) is 9.75. The molecule has 4 heteroatoms. The number of aryl methyl sites for hydroxylation is 1. The zero-order valence-electron chi connectivity index (χ0n) is 13.5. The van der Waals surface area contributed by atoms with E-state index in [-0.39, 0.29) is 0 Å². The summed E-state index contributed by atoms with van der Waals surface area (Å²) in [6.45, 7) is 3.13. The van der Waals surface area contributed by atoms with Gasteiger partial charge in [0.15, 0.2) is 0 Å². The molecule has 0 aromatic heterocycles. The Morgan fingerprint density at radius 1 is 1.09 bits per heavy atom. The molecule has 0 bridgehead atoms. The van der Waals surface area contributed by atoms with E-state index in [4.69, 9.17) is 0 Å². The van der Waals surface area contributed by atoms with E-state index in [1.807, 2.05) is 12.1 Å². The molecule has 3 nitrogen and oxygen atoms in total. The summed E-state index contributed by atoms with van der Waals surface area (Å²) in [5.41, 5.74) is 2.17. The van der Waals surface area contributed by atoms with Gasteiger partial charge in [0.05, 0.1) is 9.79 Å². The largest absolute Gasteiger partial charge is 0.314 e. The molecule has 0 heterocycles. The van der Waals surface area contributed by atoms with Gasteiger partial charge in [0, 0.05) is 6.04 Å². The normalized spacial score (nSPS) is 17.7. The molecule has 2 aromatic rings. The second-order valence-corrected chi connectivity index (χ2v) is 8.02. The third-order valence-electron chi connectivity index (χ3n) is 4.47. The molecule has 1 aliphatic carbocycles. The molecule has 2 aromatic carbocycles. The number of rotatable bonds is 5. The summed E-state index contributed by atoms with van der Waals surface area (Å²) in [4.78, 5) is 0.848. The minimum absolute atomic E-state index is 0.370. The van der Waals surface area contributed by atoms with Gasteiger partial charge in [0.2, 0.25) is 9.84 Å². The third kappa shape index (κ3) is 3.33. The summed E-state index contributed by atoms with van der Waals surface area (Å²) in [5.74, 6) is 0. The first-order valence-electron chi connectivity index (χ1n) is 8.27. The summed E-state index contributed by atoms with van der Waals surface area (Å²) < 4.78 is 26.0. The summed E-state index contributed by atoms with van der Waals surface area (Å²) in [5, 5.41) is 3.54. The molecule has 122 valence electrons. The van der Waals surface area contributed by atoms with Crippen LogP contribution in [0, 0.1) is 0 Å². The minimum Gasteiger partial charge on any atom is -0.314 e. The predicted octanol–water partition coefficient (Wildman–Crippen LogP) is 3.38. The van der Waals surface area contributed by atoms with Crippen molar-refractivity contribution in [2.45, 2.75) is 48.4 Å². The first kappa shape index (κ1) is 16.2. The molecule has 0 aliphatic heterocycles. The molecule has 0 spiro atoms. The van der Waals surface area contributed by atoms with E-state index in [0.717, 1.165) is 37.8 Å². The number of sulfone groups is 1. The lowest BCUT2D eigenvalue weighted by Gasteiger charge is -2.27. The lowest BCUT2D eigenvalue weighted by molar-refractivity contribution is 0.454. The number of fused-ring (bicyclic) bond motifs is 1. The molecule has 0 fully saturated rings. The fourth-order valence-corrected chi connectivity index (χ4v) is 4.82. The van der Waals surface area contributed by atoms with Crippen LogP contribution in [-0.2, 0) is 22.7 Å². The van der Waals surface area contributed by atoms with Gasteiger partial charge in [-0.15, -0.1) is 0 Å². The maximum absolute atomic E-state index is 13.0. The van der Waals surface area contributed by atoms with Crippen LogP contribution in [0.15, 0.2) is 58.3 Å². The Kier molecular flexibility index (Phi) is 4.83. The predicted molar refractivity (Wildman–Crippen MR) is 92.4 cm³/mol. The Morgan fingerprint density at radius 2 is 1.87 bits per heavy atom. The van der Waals surface area contributed by atoms with Crippen LogP contribution in [0.3, 0.4) is 0 Å². The van der Waals surface area contributed by atoms with E-state index in [1.54, 1.807) is 30.3 Å². The molecule has 0 radical (unpaired) electrons. The van der Waals surface area contributed by atoms with E-state index in [0.29, 0.717) is 15.8 Å². The van der Waals surface area contributed by atoms with Crippen LogP contribution < -0.4 is 5.32 Å². The van der Waals surface area contributed by atoms with Crippen LogP contribution in [0.1, 0.15) is 30.9 Å². The van der Waals surface area contributed by atoms with Crippen LogP contribution in [0.5, 0.6) is 0 Å². The fraction of sp³-hybridized carbons (Fsp3) is 0.368. The Hall–Kier alpha value is -1.65. The molecule has 0 saturated heterocycles. The Labute approximate surface area is 138 Å². The van der Waals surface area contributed by atoms with E-state index < -0.39 is 9.84 Å². The lowest BCUT2D eigenvalue weighted by Crippen LogP contribution is -2.35. The van der Waals surface area contributed by atoms with E-state index >= 15 is 0 Å².